The molecular formula is C20H33N3O4. The van der Waals surface area contributed by atoms with Crippen molar-refractivity contribution in [3.05, 3.63) is 33.7 Å². The van der Waals surface area contributed by atoms with Gasteiger partial charge in [-0.1, -0.05) is 13.8 Å². The Kier molecular flexibility index (Phi) is 8.01. The van der Waals surface area contributed by atoms with E-state index >= 15 is 0 Å². The molecule has 1 aliphatic heterocycles. The average Bonchev–Trinajstić information content (AvgIpc) is 2.65. The number of piperidine rings is 1. The van der Waals surface area contributed by atoms with Crippen LogP contribution < -0.4 is 5.56 Å². The lowest BCUT2D eigenvalue weighted by molar-refractivity contribution is 0.0449. The van der Waals surface area contributed by atoms with Crippen LogP contribution in [-0.4, -0.2) is 79.3 Å². The molecule has 1 aromatic rings. The molecule has 0 bridgehead atoms. The van der Waals surface area contributed by atoms with Crippen LogP contribution in [0, 0.1) is 11.8 Å². The second kappa shape index (κ2) is 10.0. The fourth-order valence-corrected chi connectivity index (χ4v) is 3.69. The number of carbonyl (C=O) groups is 1. The number of likely N-dealkylation sites (N-methyl/N-ethyl adjacent to an activating group) is 1. The highest BCUT2D eigenvalue weighted by Crippen LogP contribution is 2.23. The third kappa shape index (κ3) is 5.89. The Morgan fingerprint density at radius 1 is 1.37 bits per heavy atom. The zero-order chi connectivity index (χ0) is 20.0. The van der Waals surface area contributed by atoms with E-state index in [9.17, 15) is 14.7 Å². The maximum Gasteiger partial charge on any atom is 0.261 e. The van der Waals surface area contributed by atoms with Crippen molar-refractivity contribution in [3.63, 3.8) is 0 Å². The highest BCUT2D eigenvalue weighted by atomic mass is 16.5. The largest absolute Gasteiger partial charge is 0.396 e. The molecule has 7 nitrogen and oxygen atoms in total. The monoisotopic (exact) mass is 379 g/mol. The van der Waals surface area contributed by atoms with Gasteiger partial charge >= 0.3 is 0 Å². The summed E-state index contributed by atoms with van der Waals surface area (Å²) in [5.74, 6) is 0.241. The van der Waals surface area contributed by atoms with Gasteiger partial charge in [-0.3, -0.25) is 9.59 Å². The summed E-state index contributed by atoms with van der Waals surface area (Å²) in [5.41, 5.74) is 0.650. The van der Waals surface area contributed by atoms with Crippen LogP contribution in [0.25, 0.3) is 0 Å². The Bertz CT molecular complexity index is 673. The molecule has 1 amide bonds. The van der Waals surface area contributed by atoms with Gasteiger partial charge in [0.05, 0.1) is 6.61 Å². The summed E-state index contributed by atoms with van der Waals surface area (Å²) >= 11 is 0. The zero-order valence-corrected chi connectivity index (χ0v) is 16.9. The number of hydrogen-bond donors (Lipinski definition) is 2. The third-order valence-electron chi connectivity index (χ3n) is 5.20. The molecule has 1 aliphatic rings. The van der Waals surface area contributed by atoms with E-state index in [1.165, 1.54) is 0 Å². The smallest absolute Gasteiger partial charge is 0.261 e. The van der Waals surface area contributed by atoms with Crippen molar-refractivity contribution < 1.29 is 14.6 Å². The number of nitrogens with zero attached hydrogens (tertiary/aromatic N) is 2. The number of aliphatic hydroxyl groups excluding tert-OH is 1. The molecule has 2 heterocycles. The molecule has 2 N–H and O–H groups in total. The van der Waals surface area contributed by atoms with Crippen LogP contribution in [0.1, 0.15) is 42.2 Å². The normalized spacial score (nSPS) is 20.5. The van der Waals surface area contributed by atoms with E-state index in [4.69, 9.17) is 4.74 Å². The fraction of sp³-hybridized carbons (Fsp3) is 0.700. The third-order valence-corrected chi connectivity index (χ3v) is 5.20. The number of ether oxygens (including phenoxy) is 1. The molecule has 2 unspecified atom stereocenters. The predicted octanol–water partition coefficient (Wildman–Crippen LogP) is 1.15. The Morgan fingerprint density at radius 3 is 2.67 bits per heavy atom. The van der Waals surface area contributed by atoms with Gasteiger partial charge in [-0.15, -0.1) is 0 Å². The number of amides is 1. The highest BCUT2D eigenvalue weighted by Gasteiger charge is 2.31. The maximum atomic E-state index is 13.0. The lowest BCUT2D eigenvalue weighted by Gasteiger charge is -2.38. The second-order valence-corrected chi connectivity index (χ2v) is 7.93. The Hall–Kier alpha value is -1.70. The summed E-state index contributed by atoms with van der Waals surface area (Å²) in [7, 11) is 3.71. The standard InChI is InChI=1S/C20H33N3O4/c1-14(2)18-6-5-17(19(25)21-18)20(26)23-11-15(9-16(12-23)13-24)10-22(3)7-8-27-4/h5-6,14-16,24H,7-13H2,1-4H3,(H,21,25). The van der Waals surface area contributed by atoms with E-state index in [1.54, 1.807) is 18.1 Å². The van der Waals surface area contributed by atoms with Gasteiger partial charge < -0.3 is 24.6 Å². The van der Waals surface area contributed by atoms with Crippen LogP contribution >= 0.6 is 0 Å². The summed E-state index contributed by atoms with van der Waals surface area (Å²) in [6, 6.07) is 3.43. The van der Waals surface area contributed by atoms with Crippen molar-refractivity contribution in [2.75, 3.05) is 53.6 Å². The minimum Gasteiger partial charge on any atom is -0.396 e. The van der Waals surface area contributed by atoms with Crippen LogP contribution in [-0.2, 0) is 4.74 Å². The van der Waals surface area contributed by atoms with Crippen molar-refractivity contribution in [2.24, 2.45) is 11.8 Å². The summed E-state index contributed by atoms with van der Waals surface area (Å²) in [6.07, 6.45) is 0.875. The number of methoxy groups -OCH3 is 1. The summed E-state index contributed by atoms with van der Waals surface area (Å²) in [6.45, 7) is 7.42. The van der Waals surface area contributed by atoms with Crippen LogP contribution in [0.4, 0.5) is 0 Å². The Labute approximate surface area is 161 Å². The van der Waals surface area contributed by atoms with Crippen molar-refractivity contribution in [1.82, 2.24) is 14.8 Å². The van der Waals surface area contributed by atoms with Crippen LogP contribution in [0.2, 0.25) is 0 Å². The number of rotatable bonds is 8. The Morgan fingerprint density at radius 2 is 2.07 bits per heavy atom. The number of aromatic nitrogens is 1. The van der Waals surface area contributed by atoms with Gasteiger partial charge in [0.2, 0.25) is 0 Å². The number of H-pyrrole nitrogens is 1. The van der Waals surface area contributed by atoms with Gasteiger partial charge in [-0.05, 0) is 43.4 Å². The fourth-order valence-electron chi connectivity index (χ4n) is 3.69. The molecule has 27 heavy (non-hydrogen) atoms. The number of aliphatic hydroxyl groups is 1. The number of nitrogens with one attached hydrogen (secondary N) is 1. The summed E-state index contributed by atoms with van der Waals surface area (Å²) in [5, 5.41) is 9.67. The number of likely N-dealkylation sites (tertiary alicyclic amines) is 1. The quantitative estimate of drug-likeness (QED) is 0.708. The topological polar surface area (TPSA) is 85.9 Å². The van der Waals surface area contributed by atoms with Crippen molar-refractivity contribution in [1.29, 1.82) is 0 Å². The summed E-state index contributed by atoms with van der Waals surface area (Å²) in [4.78, 5) is 32.1. The second-order valence-electron chi connectivity index (χ2n) is 7.93. The number of carbonyl (C=O) groups excluding carboxylic acids is 1. The molecule has 0 saturated carbocycles. The molecule has 0 radical (unpaired) electrons. The van der Waals surface area contributed by atoms with Crippen molar-refractivity contribution in [2.45, 2.75) is 26.2 Å². The molecule has 1 fully saturated rings. The molecule has 152 valence electrons. The van der Waals surface area contributed by atoms with Gasteiger partial charge in [-0.25, -0.2) is 0 Å². The molecule has 0 aromatic carbocycles. The first kappa shape index (κ1) is 21.6. The SMILES string of the molecule is COCCN(C)CC1CC(CO)CN(C(=O)c2ccc(C(C)C)[nH]c2=O)C1. The first-order chi connectivity index (χ1) is 12.8. The minimum atomic E-state index is -0.342. The highest BCUT2D eigenvalue weighted by molar-refractivity contribution is 5.93. The van der Waals surface area contributed by atoms with Crippen LogP contribution in [0.3, 0.4) is 0 Å². The van der Waals surface area contributed by atoms with Crippen LogP contribution in [0.15, 0.2) is 16.9 Å². The van der Waals surface area contributed by atoms with Crippen molar-refractivity contribution in [3.8, 4) is 0 Å². The number of pyridine rings is 1. The molecule has 0 spiro atoms. The van der Waals surface area contributed by atoms with Crippen molar-refractivity contribution >= 4 is 5.91 Å². The predicted molar refractivity (Wildman–Crippen MR) is 105 cm³/mol. The molecule has 1 aromatic heterocycles. The average molecular weight is 380 g/mol. The first-order valence-electron chi connectivity index (χ1n) is 9.66. The Balaban J connectivity index is 2.11. The van der Waals surface area contributed by atoms with E-state index in [0.29, 0.717) is 19.7 Å². The van der Waals surface area contributed by atoms with Gasteiger partial charge in [0.15, 0.2) is 0 Å². The van der Waals surface area contributed by atoms with E-state index in [-0.39, 0.29) is 41.4 Å². The van der Waals surface area contributed by atoms with Crippen LogP contribution in [0.5, 0.6) is 0 Å². The molecular weight excluding hydrogens is 346 g/mol. The first-order valence-corrected chi connectivity index (χ1v) is 9.66. The molecule has 2 atom stereocenters. The van der Waals surface area contributed by atoms with E-state index in [0.717, 1.165) is 25.2 Å². The number of hydrogen-bond acceptors (Lipinski definition) is 5. The van der Waals surface area contributed by atoms with E-state index < -0.39 is 0 Å². The van der Waals surface area contributed by atoms with Gasteiger partial charge in [-0.2, -0.15) is 0 Å². The zero-order valence-electron chi connectivity index (χ0n) is 16.9. The van der Waals surface area contributed by atoms with Gasteiger partial charge in [0, 0.05) is 45.6 Å². The van der Waals surface area contributed by atoms with Gasteiger partial charge in [0.1, 0.15) is 5.56 Å². The molecule has 1 saturated heterocycles. The molecule has 2 rings (SSSR count). The molecule has 7 heteroatoms. The maximum absolute atomic E-state index is 13.0. The van der Waals surface area contributed by atoms with E-state index in [1.807, 2.05) is 27.0 Å². The molecule has 0 aliphatic carbocycles. The summed E-state index contributed by atoms with van der Waals surface area (Å²) < 4.78 is 5.12. The minimum absolute atomic E-state index is 0.0394. The van der Waals surface area contributed by atoms with E-state index in [2.05, 4.69) is 9.88 Å². The van der Waals surface area contributed by atoms with Gasteiger partial charge in [0.25, 0.3) is 11.5 Å². The lowest BCUT2D eigenvalue weighted by atomic mass is 9.89. The number of aromatic amines is 1. The lowest BCUT2D eigenvalue weighted by Crippen LogP contribution is -2.48.